The molecule has 1 atom stereocenters. The van der Waals surface area contributed by atoms with Crippen LogP contribution in [0.2, 0.25) is 0 Å². The first-order valence-electron chi connectivity index (χ1n) is 7.89. The Bertz CT molecular complexity index is 1130. The van der Waals surface area contributed by atoms with Gasteiger partial charge in [0.15, 0.2) is 21.0 Å². The van der Waals surface area contributed by atoms with Gasteiger partial charge in [0.25, 0.3) is 5.91 Å². The van der Waals surface area contributed by atoms with E-state index >= 15 is 0 Å². The molecular weight excluding hydrogens is 354 g/mol. The number of carbonyl (C=O) groups excluding carboxylic acids is 1. The molecule has 2 aromatic carbocycles. The zero-order valence-corrected chi connectivity index (χ0v) is 15.0. The van der Waals surface area contributed by atoms with Crippen molar-refractivity contribution in [3.8, 4) is 0 Å². The molecule has 3 rings (SSSR count). The molecule has 0 spiro atoms. The van der Waals surface area contributed by atoms with E-state index in [2.05, 4.69) is 5.32 Å². The number of nitrogens with one attached hydrogen (secondary N) is 1. The Morgan fingerprint density at radius 1 is 1.08 bits per heavy atom. The zero-order chi connectivity index (χ0) is 18.9. The maximum absolute atomic E-state index is 12.4. The summed E-state index contributed by atoms with van der Waals surface area (Å²) in [6.45, 7) is 1.76. The number of sulfone groups is 1. The summed E-state index contributed by atoms with van der Waals surface area (Å²) in [5.41, 5.74) is 0.784. The normalized spacial score (nSPS) is 12.7. The number of hydrogen-bond acceptors (Lipinski definition) is 5. The van der Waals surface area contributed by atoms with Gasteiger partial charge in [0.2, 0.25) is 0 Å². The molecule has 134 valence electrons. The summed E-state index contributed by atoms with van der Waals surface area (Å²) < 4.78 is 28.5. The number of hydrogen-bond donors (Lipinski definition) is 1. The molecule has 1 heterocycles. The molecule has 0 aliphatic rings. The van der Waals surface area contributed by atoms with Crippen LogP contribution >= 0.6 is 0 Å². The second kappa shape index (κ2) is 6.76. The van der Waals surface area contributed by atoms with Gasteiger partial charge in [0.1, 0.15) is 5.58 Å². The third kappa shape index (κ3) is 3.67. The van der Waals surface area contributed by atoms with Crippen molar-refractivity contribution in [2.24, 2.45) is 0 Å². The van der Waals surface area contributed by atoms with Crippen molar-refractivity contribution in [1.29, 1.82) is 0 Å². The van der Waals surface area contributed by atoms with Crippen molar-refractivity contribution in [3.63, 3.8) is 0 Å². The van der Waals surface area contributed by atoms with Crippen molar-refractivity contribution < 1.29 is 17.6 Å². The van der Waals surface area contributed by atoms with Gasteiger partial charge >= 0.3 is 0 Å². The van der Waals surface area contributed by atoms with Crippen LogP contribution in [0.1, 0.15) is 29.1 Å². The number of carbonyl (C=O) groups is 1. The highest BCUT2D eigenvalue weighted by Crippen LogP contribution is 2.17. The highest BCUT2D eigenvalue weighted by atomic mass is 32.2. The Hall–Kier alpha value is -2.93. The average molecular weight is 371 g/mol. The third-order valence-corrected chi connectivity index (χ3v) is 5.14. The molecule has 6 nitrogen and oxygen atoms in total. The van der Waals surface area contributed by atoms with Gasteiger partial charge in [-0.3, -0.25) is 9.59 Å². The van der Waals surface area contributed by atoms with Crippen molar-refractivity contribution >= 4 is 26.7 Å². The summed E-state index contributed by atoms with van der Waals surface area (Å²) in [4.78, 5) is 24.7. The Labute approximate surface area is 150 Å². The Kier molecular flexibility index (Phi) is 4.65. The zero-order valence-electron chi connectivity index (χ0n) is 14.2. The van der Waals surface area contributed by atoms with Gasteiger partial charge in [-0.15, -0.1) is 0 Å². The van der Waals surface area contributed by atoms with E-state index in [1.807, 2.05) is 0 Å². The molecule has 0 saturated heterocycles. The molecular formula is C19H17NO5S. The minimum absolute atomic E-state index is 0.0756. The van der Waals surface area contributed by atoms with Gasteiger partial charge < -0.3 is 9.73 Å². The lowest BCUT2D eigenvalue weighted by atomic mass is 10.1. The fourth-order valence-corrected chi connectivity index (χ4v) is 3.20. The summed E-state index contributed by atoms with van der Waals surface area (Å²) in [7, 11) is -3.27. The second-order valence-electron chi connectivity index (χ2n) is 6.01. The molecule has 3 aromatic rings. The molecule has 1 N–H and O–H groups in total. The average Bonchev–Trinajstić information content (AvgIpc) is 2.61. The highest BCUT2D eigenvalue weighted by molar-refractivity contribution is 7.90. The molecule has 0 aliphatic heterocycles. The molecule has 7 heteroatoms. The maximum atomic E-state index is 12.4. The smallest absolute Gasteiger partial charge is 0.287 e. The van der Waals surface area contributed by atoms with Gasteiger partial charge in [0.05, 0.1) is 16.3 Å². The highest BCUT2D eigenvalue weighted by Gasteiger charge is 2.16. The monoisotopic (exact) mass is 371 g/mol. The van der Waals surface area contributed by atoms with E-state index in [-0.39, 0.29) is 16.1 Å². The van der Waals surface area contributed by atoms with Crippen LogP contribution in [0.5, 0.6) is 0 Å². The summed E-state index contributed by atoms with van der Waals surface area (Å²) in [5.74, 6) is -0.596. The summed E-state index contributed by atoms with van der Waals surface area (Å²) in [6.07, 6.45) is 1.13. The molecule has 0 aliphatic carbocycles. The van der Waals surface area contributed by atoms with Gasteiger partial charge in [-0.05, 0) is 36.8 Å². The molecule has 26 heavy (non-hydrogen) atoms. The second-order valence-corrected chi connectivity index (χ2v) is 8.02. The van der Waals surface area contributed by atoms with Crippen molar-refractivity contribution in [2.75, 3.05) is 6.26 Å². The van der Waals surface area contributed by atoms with E-state index in [0.717, 1.165) is 17.9 Å². The molecule has 1 aromatic heterocycles. The maximum Gasteiger partial charge on any atom is 0.287 e. The molecule has 1 amide bonds. The molecule has 1 unspecified atom stereocenters. The molecule has 0 bridgehead atoms. The van der Waals surface area contributed by atoms with E-state index in [1.54, 1.807) is 43.3 Å². The first-order chi connectivity index (χ1) is 12.3. The van der Waals surface area contributed by atoms with Crippen molar-refractivity contribution in [1.82, 2.24) is 5.32 Å². The van der Waals surface area contributed by atoms with Crippen molar-refractivity contribution in [3.05, 3.63) is 76.1 Å². The lowest BCUT2D eigenvalue weighted by Gasteiger charge is -2.14. The number of para-hydroxylation sites is 1. The Morgan fingerprint density at radius 3 is 2.38 bits per heavy atom. The minimum atomic E-state index is -3.27. The SMILES string of the molecule is CC(NC(=O)c1cc(=O)c2ccccc2o1)c1ccc(S(C)(=O)=O)cc1. The minimum Gasteiger partial charge on any atom is -0.451 e. The molecule has 0 saturated carbocycles. The summed E-state index contributed by atoms with van der Waals surface area (Å²) in [5, 5.41) is 3.15. The fourth-order valence-electron chi connectivity index (χ4n) is 2.57. The number of rotatable bonds is 4. The first kappa shape index (κ1) is 17.9. The topological polar surface area (TPSA) is 93.4 Å². The number of amides is 1. The molecule has 0 fully saturated rings. The number of fused-ring (bicyclic) bond motifs is 1. The van der Waals surface area contributed by atoms with E-state index in [9.17, 15) is 18.0 Å². The van der Waals surface area contributed by atoms with Crippen LogP contribution in [0.15, 0.2) is 68.7 Å². The van der Waals surface area contributed by atoms with E-state index in [0.29, 0.717) is 11.0 Å². The third-order valence-electron chi connectivity index (χ3n) is 4.01. The first-order valence-corrected chi connectivity index (χ1v) is 9.78. The van der Waals surface area contributed by atoms with E-state index in [1.165, 1.54) is 12.1 Å². The van der Waals surface area contributed by atoms with Crippen LogP contribution in [0.25, 0.3) is 11.0 Å². The Morgan fingerprint density at radius 2 is 1.73 bits per heavy atom. The fraction of sp³-hybridized carbons (Fsp3) is 0.158. The standard InChI is InChI=1S/C19H17NO5S/c1-12(13-7-9-14(10-8-13)26(2,23)24)20-19(22)18-11-16(21)15-5-3-4-6-17(15)25-18/h3-12H,1-2H3,(H,20,22). The lowest BCUT2D eigenvalue weighted by molar-refractivity contribution is 0.0912. The van der Waals surface area contributed by atoms with Gasteiger partial charge in [0, 0.05) is 12.3 Å². The van der Waals surface area contributed by atoms with Gasteiger partial charge in [-0.25, -0.2) is 8.42 Å². The lowest BCUT2D eigenvalue weighted by Crippen LogP contribution is -2.27. The summed E-state index contributed by atoms with van der Waals surface area (Å²) >= 11 is 0. The van der Waals surface area contributed by atoms with Crippen LogP contribution in [-0.2, 0) is 9.84 Å². The van der Waals surface area contributed by atoms with Crippen LogP contribution in [-0.4, -0.2) is 20.6 Å². The van der Waals surface area contributed by atoms with E-state index in [4.69, 9.17) is 4.42 Å². The van der Waals surface area contributed by atoms with Crippen LogP contribution < -0.4 is 10.7 Å². The van der Waals surface area contributed by atoms with Crippen LogP contribution in [0.3, 0.4) is 0 Å². The number of benzene rings is 2. The quantitative estimate of drug-likeness (QED) is 0.761. The predicted molar refractivity (Wildman–Crippen MR) is 97.9 cm³/mol. The predicted octanol–water partition coefficient (Wildman–Crippen LogP) is 2.69. The van der Waals surface area contributed by atoms with Crippen LogP contribution in [0, 0.1) is 0 Å². The van der Waals surface area contributed by atoms with Gasteiger partial charge in [-0.1, -0.05) is 24.3 Å². The van der Waals surface area contributed by atoms with Crippen LogP contribution in [0.4, 0.5) is 0 Å². The van der Waals surface area contributed by atoms with Gasteiger partial charge in [-0.2, -0.15) is 0 Å². The van der Waals surface area contributed by atoms with E-state index < -0.39 is 21.8 Å². The van der Waals surface area contributed by atoms with Crippen molar-refractivity contribution in [2.45, 2.75) is 17.9 Å². The molecule has 0 radical (unpaired) electrons. The summed E-state index contributed by atoms with van der Waals surface area (Å²) in [6, 6.07) is 13.7. The largest absolute Gasteiger partial charge is 0.451 e. The Balaban J connectivity index is 1.82.